The molecule has 2 heterocycles. The van der Waals surface area contributed by atoms with Crippen LogP contribution in [0.25, 0.3) is 0 Å². The van der Waals surface area contributed by atoms with Crippen molar-refractivity contribution >= 4 is 0 Å². The Hall–Kier alpha value is -0.440. The average molecular weight is 370 g/mol. The van der Waals surface area contributed by atoms with Gasteiger partial charge in [-0.3, -0.25) is 0 Å². The lowest BCUT2D eigenvalue weighted by atomic mass is 9.81. The third-order valence-corrected chi connectivity index (χ3v) is 4.82. The number of hydrogen-bond donors (Lipinski definition) is 8. The zero-order chi connectivity index (χ0) is 18.9. The van der Waals surface area contributed by atoms with E-state index >= 15 is 0 Å². The summed E-state index contributed by atoms with van der Waals surface area (Å²) in [7, 11) is 1.22. The molecule has 0 spiro atoms. The predicted octanol–water partition coefficient (Wildman–Crippen LogP) is -5.11. The van der Waals surface area contributed by atoms with E-state index in [4.69, 9.17) is 14.2 Å². The van der Waals surface area contributed by atoms with Crippen LogP contribution in [-0.4, -0.2) is 122 Å². The molecule has 2 rings (SSSR count). The SMILES string of the molecule is CO[C@H]1O[C@H](CO)[C@@H](O)[C@H](O)[C@@H]1C(O)[C@H]1O[C@H](CO)[C@@H](O)[C@H](O)[C@@H]1O. The molecule has 8 N–H and O–H groups in total. The van der Waals surface area contributed by atoms with Crippen molar-refractivity contribution in [1.29, 1.82) is 0 Å². The van der Waals surface area contributed by atoms with Gasteiger partial charge in [0.05, 0.1) is 31.3 Å². The maximum absolute atomic E-state index is 10.6. The Balaban J connectivity index is 2.23. The van der Waals surface area contributed by atoms with E-state index in [2.05, 4.69) is 0 Å². The van der Waals surface area contributed by atoms with Crippen LogP contribution in [-0.2, 0) is 14.2 Å². The molecule has 0 bridgehead atoms. The van der Waals surface area contributed by atoms with Gasteiger partial charge >= 0.3 is 0 Å². The van der Waals surface area contributed by atoms with Gasteiger partial charge in [0.25, 0.3) is 0 Å². The van der Waals surface area contributed by atoms with Gasteiger partial charge in [0.15, 0.2) is 6.29 Å². The zero-order valence-electron chi connectivity index (χ0n) is 13.6. The van der Waals surface area contributed by atoms with Gasteiger partial charge in [-0.25, -0.2) is 0 Å². The number of ether oxygens (including phenoxy) is 3. The van der Waals surface area contributed by atoms with Crippen LogP contribution in [0.15, 0.2) is 0 Å². The van der Waals surface area contributed by atoms with Gasteiger partial charge in [0.2, 0.25) is 0 Å². The topological polar surface area (TPSA) is 190 Å². The fourth-order valence-corrected chi connectivity index (χ4v) is 3.31. The first-order chi connectivity index (χ1) is 11.8. The molecule has 0 amide bonds. The lowest BCUT2D eigenvalue weighted by Gasteiger charge is -2.48. The molecule has 2 fully saturated rings. The van der Waals surface area contributed by atoms with Gasteiger partial charge in [-0.1, -0.05) is 0 Å². The summed E-state index contributed by atoms with van der Waals surface area (Å²) in [6.07, 6.45) is -15.0. The van der Waals surface area contributed by atoms with E-state index in [1.807, 2.05) is 0 Å². The lowest BCUT2D eigenvalue weighted by molar-refractivity contribution is -0.315. The van der Waals surface area contributed by atoms with Gasteiger partial charge in [0.1, 0.15) is 42.7 Å². The Morgan fingerprint density at radius 1 is 0.800 bits per heavy atom. The summed E-state index contributed by atoms with van der Waals surface area (Å²) in [6, 6.07) is 0. The Morgan fingerprint density at radius 2 is 1.32 bits per heavy atom. The van der Waals surface area contributed by atoms with E-state index in [0.29, 0.717) is 0 Å². The fraction of sp³-hybridized carbons (Fsp3) is 1.00. The molecule has 25 heavy (non-hydrogen) atoms. The second kappa shape index (κ2) is 8.50. The van der Waals surface area contributed by atoms with Gasteiger partial charge in [-0.05, 0) is 0 Å². The number of methoxy groups -OCH3 is 1. The molecule has 1 unspecified atom stereocenters. The second-order valence-electron chi connectivity index (χ2n) is 6.30. The van der Waals surface area contributed by atoms with Crippen LogP contribution < -0.4 is 0 Å². The molecule has 0 aromatic heterocycles. The van der Waals surface area contributed by atoms with Crippen molar-refractivity contribution in [3.63, 3.8) is 0 Å². The second-order valence-corrected chi connectivity index (χ2v) is 6.30. The molecule has 11 atom stereocenters. The Labute approximate surface area is 143 Å². The summed E-state index contributed by atoms with van der Waals surface area (Å²) in [5.41, 5.74) is 0. The van der Waals surface area contributed by atoms with Gasteiger partial charge in [0, 0.05) is 7.11 Å². The van der Waals surface area contributed by atoms with E-state index in [9.17, 15) is 40.9 Å². The molecular weight excluding hydrogens is 344 g/mol. The number of aliphatic hydroxyl groups excluding tert-OH is 8. The molecule has 2 aliphatic heterocycles. The molecule has 0 radical (unpaired) electrons. The van der Waals surface area contributed by atoms with Crippen LogP contribution in [0.4, 0.5) is 0 Å². The summed E-state index contributed by atoms with van der Waals surface area (Å²) in [5.74, 6) is -1.30. The van der Waals surface area contributed by atoms with Crippen molar-refractivity contribution < 1.29 is 55.1 Å². The minimum absolute atomic E-state index is 0.596. The summed E-state index contributed by atoms with van der Waals surface area (Å²) in [5, 5.41) is 78.9. The third kappa shape index (κ3) is 3.82. The van der Waals surface area contributed by atoms with Crippen molar-refractivity contribution in [2.75, 3.05) is 20.3 Å². The number of aliphatic hydroxyl groups is 8. The minimum atomic E-state index is -1.73. The molecule has 148 valence electrons. The summed E-state index contributed by atoms with van der Waals surface area (Å²) in [6.45, 7) is -1.28. The molecule has 2 saturated heterocycles. The number of rotatable bonds is 5. The van der Waals surface area contributed by atoms with Crippen LogP contribution in [0.1, 0.15) is 0 Å². The van der Waals surface area contributed by atoms with Crippen LogP contribution in [0.5, 0.6) is 0 Å². The van der Waals surface area contributed by atoms with E-state index in [-0.39, 0.29) is 0 Å². The Bertz CT molecular complexity index is 420. The zero-order valence-corrected chi connectivity index (χ0v) is 13.6. The van der Waals surface area contributed by atoms with Crippen LogP contribution in [0.3, 0.4) is 0 Å². The summed E-state index contributed by atoms with van der Waals surface area (Å²) in [4.78, 5) is 0. The smallest absolute Gasteiger partial charge is 0.165 e. The van der Waals surface area contributed by atoms with Crippen molar-refractivity contribution in [2.24, 2.45) is 5.92 Å². The standard InChI is InChI=1S/C14H26O11/c1-23-14-6(9(19)7(17)5(3-16)25-14)10(20)13-12(22)11(21)8(18)4(2-15)24-13/h4-22H,2-3H2,1H3/t4-,5-,6-,7-,8-,9-,10?,11+,12+,13-,14+/m1/s1. The maximum atomic E-state index is 10.6. The number of hydrogen-bond acceptors (Lipinski definition) is 11. The van der Waals surface area contributed by atoms with Crippen LogP contribution in [0.2, 0.25) is 0 Å². The monoisotopic (exact) mass is 370 g/mol. The first-order valence-electron chi connectivity index (χ1n) is 7.92. The Kier molecular flexibility index (Phi) is 7.09. The molecule has 2 aliphatic rings. The molecule has 0 aromatic rings. The Morgan fingerprint density at radius 3 is 1.84 bits per heavy atom. The largest absolute Gasteiger partial charge is 0.394 e. The normalized spacial score (nSPS) is 49.8. The fourth-order valence-electron chi connectivity index (χ4n) is 3.31. The highest BCUT2D eigenvalue weighted by Crippen LogP contribution is 2.34. The first-order valence-corrected chi connectivity index (χ1v) is 7.92. The lowest BCUT2D eigenvalue weighted by Crippen LogP contribution is -2.66. The van der Waals surface area contributed by atoms with Crippen molar-refractivity contribution in [1.82, 2.24) is 0 Å². The highest BCUT2D eigenvalue weighted by molar-refractivity contribution is 5.00. The third-order valence-electron chi connectivity index (χ3n) is 4.82. The molecule has 0 saturated carbocycles. The van der Waals surface area contributed by atoms with Crippen LogP contribution >= 0.6 is 0 Å². The highest BCUT2D eigenvalue weighted by atomic mass is 16.7. The van der Waals surface area contributed by atoms with E-state index in [1.165, 1.54) is 7.11 Å². The van der Waals surface area contributed by atoms with Crippen molar-refractivity contribution in [2.45, 2.75) is 61.2 Å². The molecular formula is C14H26O11. The van der Waals surface area contributed by atoms with Crippen molar-refractivity contribution in [3.05, 3.63) is 0 Å². The van der Waals surface area contributed by atoms with Gasteiger partial charge < -0.3 is 55.1 Å². The summed E-state index contributed by atoms with van der Waals surface area (Å²) >= 11 is 0. The first kappa shape index (κ1) is 20.9. The molecule has 0 aliphatic carbocycles. The van der Waals surface area contributed by atoms with Gasteiger partial charge in [-0.2, -0.15) is 0 Å². The van der Waals surface area contributed by atoms with E-state index in [1.54, 1.807) is 0 Å². The predicted molar refractivity (Wildman–Crippen MR) is 78.0 cm³/mol. The highest BCUT2D eigenvalue weighted by Gasteiger charge is 2.54. The molecule has 0 aromatic carbocycles. The average Bonchev–Trinajstić information content (AvgIpc) is 2.61. The van der Waals surface area contributed by atoms with E-state index in [0.717, 1.165) is 0 Å². The minimum Gasteiger partial charge on any atom is -0.394 e. The van der Waals surface area contributed by atoms with Crippen LogP contribution in [0, 0.1) is 5.92 Å². The maximum Gasteiger partial charge on any atom is 0.165 e. The molecule has 11 heteroatoms. The summed E-state index contributed by atoms with van der Waals surface area (Å²) < 4.78 is 15.6. The van der Waals surface area contributed by atoms with E-state index < -0.39 is 80.4 Å². The van der Waals surface area contributed by atoms with Gasteiger partial charge in [-0.15, -0.1) is 0 Å². The van der Waals surface area contributed by atoms with Crippen molar-refractivity contribution in [3.8, 4) is 0 Å². The quantitative estimate of drug-likeness (QED) is 0.231. The molecule has 11 nitrogen and oxygen atoms in total.